The van der Waals surface area contributed by atoms with Crippen LogP contribution in [-0.4, -0.2) is 9.97 Å². The molecule has 6 heteroatoms. The van der Waals surface area contributed by atoms with Gasteiger partial charge in [-0.25, -0.2) is 0 Å². The number of nitrogens with one attached hydrogen (secondary N) is 2. The summed E-state index contributed by atoms with van der Waals surface area (Å²) in [5.41, 5.74) is 6.93. The predicted octanol–water partition coefficient (Wildman–Crippen LogP) is 9.29. The second-order valence-corrected chi connectivity index (χ2v) is 12.7. The summed E-state index contributed by atoms with van der Waals surface area (Å²) in [7, 11) is 0. The molecule has 0 saturated carbocycles. The third-order valence-electron chi connectivity index (χ3n) is 7.61. The Morgan fingerprint density at radius 3 is 1.23 bits per heavy atom. The molecular formula is C38H28N2O2S2. The SMILES string of the molecule is O=c1cc(-c2ccc(SCc3ccccc3)cc2)[nH]c2cc3c(=O)cc(-c4ccc(SCc5ccccc5)cc4)[nH]c3cc12. The molecule has 7 rings (SSSR count). The second-order valence-electron chi connectivity index (χ2n) is 10.6. The highest BCUT2D eigenvalue weighted by atomic mass is 32.2. The van der Waals surface area contributed by atoms with Crippen molar-refractivity contribution in [2.75, 3.05) is 0 Å². The first-order valence-electron chi connectivity index (χ1n) is 14.4. The van der Waals surface area contributed by atoms with E-state index >= 15 is 0 Å². The van der Waals surface area contributed by atoms with E-state index in [1.54, 1.807) is 47.8 Å². The predicted molar refractivity (Wildman–Crippen MR) is 186 cm³/mol. The van der Waals surface area contributed by atoms with Crippen molar-refractivity contribution >= 4 is 45.3 Å². The monoisotopic (exact) mass is 608 g/mol. The van der Waals surface area contributed by atoms with E-state index in [1.807, 2.05) is 36.4 Å². The van der Waals surface area contributed by atoms with Crippen LogP contribution in [0.25, 0.3) is 44.3 Å². The van der Waals surface area contributed by atoms with E-state index in [9.17, 15) is 9.59 Å². The molecule has 0 fully saturated rings. The number of thioether (sulfide) groups is 2. The van der Waals surface area contributed by atoms with E-state index in [1.165, 1.54) is 11.1 Å². The second kappa shape index (κ2) is 12.4. The Morgan fingerprint density at radius 2 is 0.841 bits per heavy atom. The molecule has 44 heavy (non-hydrogen) atoms. The lowest BCUT2D eigenvalue weighted by atomic mass is 10.1. The van der Waals surface area contributed by atoms with E-state index < -0.39 is 0 Å². The van der Waals surface area contributed by atoms with Gasteiger partial charge in [-0.1, -0.05) is 84.9 Å². The van der Waals surface area contributed by atoms with Crippen LogP contribution in [0.2, 0.25) is 0 Å². The van der Waals surface area contributed by atoms with Crippen LogP contribution >= 0.6 is 23.5 Å². The van der Waals surface area contributed by atoms with Gasteiger partial charge in [-0.15, -0.1) is 23.5 Å². The Hall–Kier alpha value is -4.78. The standard InChI is InChI=1S/C38H28N2O2S2/c41-37-21-33(27-11-15-29(16-12-27)43-23-25-7-3-1-4-8-25)39-35-19-32-36(20-31(35)37)40-34(22-38(32)42)28-13-17-30(18-14-28)44-24-26-9-5-2-6-10-26/h1-22H,23-24H2,(H,39,41)(H,40,42). The number of H-pyrrole nitrogens is 2. The van der Waals surface area contributed by atoms with Crippen LogP contribution in [-0.2, 0) is 11.5 Å². The van der Waals surface area contributed by atoms with Gasteiger partial charge >= 0.3 is 0 Å². The molecule has 0 aliphatic heterocycles. The van der Waals surface area contributed by atoms with Gasteiger partial charge in [0.05, 0.1) is 11.0 Å². The number of aromatic nitrogens is 2. The fourth-order valence-electron chi connectivity index (χ4n) is 5.25. The quantitative estimate of drug-likeness (QED) is 0.133. The van der Waals surface area contributed by atoms with E-state index in [0.717, 1.165) is 43.8 Å². The van der Waals surface area contributed by atoms with Crippen molar-refractivity contribution in [1.29, 1.82) is 0 Å². The molecule has 5 aromatic carbocycles. The largest absolute Gasteiger partial charge is 0.354 e. The highest BCUT2D eigenvalue weighted by Gasteiger charge is 2.11. The minimum absolute atomic E-state index is 0.0933. The lowest BCUT2D eigenvalue weighted by Gasteiger charge is -2.09. The van der Waals surface area contributed by atoms with Crippen molar-refractivity contribution in [1.82, 2.24) is 9.97 Å². The molecule has 2 N–H and O–H groups in total. The van der Waals surface area contributed by atoms with E-state index in [2.05, 4.69) is 82.8 Å². The summed E-state index contributed by atoms with van der Waals surface area (Å²) < 4.78 is 0. The number of hydrogen-bond acceptors (Lipinski definition) is 4. The third kappa shape index (κ3) is 6.13. The smallest absolute Gasteiger partial charge is 0.190 e. The van der Waals surface area contributed by atoms with Gasteiger partial charge in [0.2, 0.25) is 0 Å². The molecule has 0 unspecified atom stereocenters. The van der Waals surface area contributed by atoms with Crippen molar-refractivity contribution in [2.24, 2.45) is 0 Å². The van der Waals surface area contributed by atoms with Crippen molar-refractivity contribution in [3.63, 3.8) is 0 Å². The Balaban J connectivity index is 1.13. The van der Waals surface area contributed by atoms with Crippen LogP contribution in [0.15, 0.2) is 153 Å². The molecule has 0 bridgehead atoms. The molecule has 0 spiro atoms. The molecular weight excluding hydrogens is 581 g/mol. The molecule has 0 aliphatic rings. The zero-order valence-electron chi connectivity index (χ0n) is 23.7. The van der Waals surface area contributed by atoms with Crippen molar-refractivity contribution in [3.05, 3.63) is 165 Å². The van der Waals surface area contributed by atoms with Gasteiger partial charge < -0.3 is 9.97 Å². The molecule has 7 aromatic rings. The van der Waals surface area contributed by atoms with Gasteiger partial charge in [0.25, 0.3) is 0 Å². The van der Waals surface area contributed by atoms with Crippen molar-refractivity contribution < 1.29 is 0 Å². The topological polar surface area (TPSA) is 65.7 Å². The van der Waals surface area contributed by atoms with Crippen LogP contribution in [0.4, 0.5) is 0 Å². The van der Waals surface area contributed by atoms with E-state index in [0.29, 0.717) is 21.8 Å². The molecule has 2 aromatic heterocycles. The normalized spacial score (nSPS) is 11.3. The van der Waals surface area contributed by atoms with Crippen LogP contribution in [0, 0.1) is 0 Å². The van der Waals surface area contributed by atoms with Gasteiger partial charge in [-0.3, -0.25) is 9.59 Å². The van der Waals surface area contributed by atoms with Crippen LogP contribution < -0.4 is 10.9 Å². The number of hydrogen-bond donors (Lipinski definition) is 2. The minimum atomic E-state index is -0.0933. The fourth-order valence-corrected chi connectivity index (χ4v) is 6.96. The molecule has 0 aliphatic carbocycles. The molecule has 0 radical (unpaired) electrons. The summed E-state index contributed by atoms with van der Waals surface area (Å²) in [5, 5.41) is 1.08. The van der Waals surface area contributed by atoms with Gasteiger partial charge in [0.15, 0.2) is 10.9 Å². The van der Waals surface area contributed by atoms with E-state index in [4.69, 9.17) is 0 Å². The first kappa shape index (κ1) is 28.0. The third-order valence-corrected chi connectivity index (χ3v) is 9.77. The highest BCUT2D eigenvalue weighted by Crippen LogP contribution is 2.29. The van der Waals surface area contributed by atoms with Crippen molar-refractivity contribution in [2.45, 2.75) is 21.3 Å². The Morgan fingerprint density at radius 1 is 0.455 bits per heavy atom. The first-order valence-corrected chi connectivity index (χ1v) is 16.3. The lowest BCUT2D eigenvalue weighted by molar-refractivity contribution is 1.34. The molecule has 214 valence electrons. The summed E-state index contributed by atoms with van der Waals surface area (Å²) in [6.07, 6.45) is 0. The molecule has 0 saturated heterocycles. The summed E-state index contributed by atoms with van der Waals surface area (Å²) in [4.78, 5) is 35.6. The van der Waals surface area contributed by atoms with Gasteiger partial charge in [-0.2, -0.15) is 0 Å². The number of rotatable bonds is 8. The molecule has 0 atom stereocenters. The fraction of sp³-hybridized carbons (Fsp3) is 0.0526. The maximum absolute atomic E-state index is 13.3. The lowest BCUT2D eigenvalue weighted by Crippen LogP contribution is -2.07. The number of aromatic amines is 2. The number of pyridine rings is 2. The molecule has 0 amide bonds. The minimum Gasteiger partial charge on any atom is -0.354 e. The van der Waals surface area contributed by atoms with Gasteiger partial charge in [0, 0.05) is 55.6 Å². The summed E-state index contributed by atoms with van der Waals surface area (Å²) in [5.74, 6) is 1.80. The summed E-state index contributed by atoms with van der Waals surface area (Å²) in [6.45, 7) is 0. The van der Waals surface area contributed by atoms with Crippen LogP contribution in [0.1, 0.15) is 11.1 Å². The molecule has 2 heterocycles. The zero-order chi connectivity index (χ0) is 29.9. The Bertz CT molecular complexity index is 2030. The number of benzene rings is 5. The average Bonchev–Trinajstić information content (AvgIpc) is 3.07. The molecule has 4 nitrogen and oxygen atoms in total. The summed E-state index contributed by atoms with van der Waals surface area (Å²) >= 11 is 3.55. The van der Waals surface area contributed by atoms with Crippen LogP contribution in [0.5, 0.6) is 0 Å². The Labute approximate surface area is 263 Å². The van der Waals surface area contributed by atoms with Gasteiger partial charge in [0.1, 0.15) is 0 Å². The maximum atomic E-state index is 13.3. The van der Waals surface area contributed by atoms with Gasteiger partial charge in [-0.05, 0) is 58.7 Å². The Kier molecular flexibility index (Phi) is 7.93. The number of fused-ring (bicyclic) bond motifs is 2. The zero-order valence-corrected chi connectivity index (χ0v) is 25.4. The average molecular weight is 609 g/mol. The maximum Gasteiger partial charge on any atom is 0.190 e. The van der Waals surface area contributed by atoms with Crippen molar-refractivity contribution in [3.8, 4) is 22.5 Å². The highest BCUT2D eigenvalue weighted by molar-refractivity contribution is 7.98. The summed E-state index contributed by atoms with van der Waals surface area (Å²) in [6, 6.07) is 44.0. The van der Waals surface area contributed by atoms with Crippen LogP contribution in [0.3, 0.4) is 0 Å². The van der Waals surface area contributed by atoms with E-state index in [-0.39, 0.29) is 10.9 Å². The first-order chi connectivity index (χ1) is 21.6.